The molecule has 194 valence electrons. The summed E-state index contributed by atoms with van der Waals surface area (Å²) in [4.78, 5) is 31.7. The van der Waals surface area contributed by atoms with Crippen LogP contribution in [-0.4, -0.2) is 34.8 Å². The number of amides is 2. The molecule has 36 heavy (non-hydrogen) atoms. The molecule has 0 spiro atoms. The Labute approximate surface area is 215 Å². The summed E-state index contributed by atoms with van der Waals surface area (Å²) < 4.78 is 5.75. The minimum absolute atomic E-state index is 0.0687. The average molecular weight is 493 g/mol. The maximum Gasteiger partial charge on any atom is 0.257 e. The van der Waals surface area contributed by atoms with Crippen molar-refractivity contribution in [3.8, 4) is 5.75 Å². The Bertz CT molecular complexity index is 1060. The number of aliphatic imine (C=N–C) groups is 1. The van der Waals surface area contributed by atoms with Crippen LogP contribution in [0.2, 0.25) is 0 Å². The van der Waals surface area contributed by atoms with Crippen molar-refractivity contribution in [2.45, 2.75) is 78.4 Å². The lowest BCUT2D eigenvalue weighted by molar-refractivity contribution is -0.131. The standard InChI is InChI=1S/C29H40N4O3/c1-5-6-7-8-16-36-25-14-12-24(13-15-25)26(34)31-19-22-10-9-11-23(17-22)20-33-27(35)29(4,18-21(2)3)32-28(33)30/h9-15,17,21H,5-8,16,18-20H2,1-4H3,(H2,30,32)(H,31,34). The highest BCUT2D eigenvalue weighted by molar-refractivity contribution is 6.06. The molecule has 0 radical (unpaired) electrons. The highest BCUT2D eigenvalue weighted by Crippen LogP contribution is 2.29. The second-order valence-corrected chi connectivity index (χ2v) is 10.2. The van der Waals surface area contributed by atoms with Gasteiger partial charge in [-0.2, -0.15) is 0 Å². The number of unbranched alkanes of at least 4 members (excludes halogenated alkanes) is 3. The van der Waals surface area contributed by atoms with Crippen LogP contribution < -0.4 is 15.8 Å². The second kappa shape index (κ2) is 12.6. The lowest BCUT2D eigenvalue weighted by Crippen LogP contribution is -2.43. The van der Waals surface area contributed by atoms with Gasteiger partial charge in [0.05, 0.1) is 13.2 Å². The molecule has 2 amide bonds. The van der Waals surface area contributed by atoms with Crippen molar-refractivity contribution in [2.24, 2.45) is 16.6 Å². The van der Waals surface area contributed by atoms with Crippen molar-refractivity contribution < 1.29 is 14.3 Å². The first-order valence-electron chi connectivity index (χ1n) is 13.0. The Morgan fingerprint density at radius 2 is 1.83 bits per heavy atom. The van der Waals surface area contributed by atoms with Crippen LogP contribution in [0.15, 0.2) is 53.5 Å². The predicted molar refractivity (Wildman–Crippen MR) is 144 cm³/mol. The summed E-state index contributed by atoms with van der Waals surface area (Å²) in [5.41, 5.74) is 7.77. The number of guanidine groups is 1. The molecule has 0 saturated carbocycles. The number of nitrogens with two attached hydrogens (primary N) is 1. The largest absolute Gasteiger partial charge is 0.494 e. The topological polar surface area (TPSA) is 97.0 Å². The third-order valence-electron chi connectivity index (χ3n) is 6.32. The van der Waals surface area contributed by atoms with Gasteiger partial charge in [-0.3, -0.25) is 14.5 Å². The van der Waals surface area contributed by atoms with E-state index in [4.69, 9.17) is 10.5 Å². The first kappa shape index (κ1) is 27.2. The molecule has 1 aliphatic rings. The van der Waals surface area contributed by atoms with E-state index in [1.807, 2.05) is 43.3 Å². The molecule has 1 unspecified atom stereocenters. The fourth-order valence-corrected chi connectivity index (χ4v) is 4.56. The summed E-state index contributed by atoms with van der Waals surface area (Å²) in [6.45, 7) is 9.60. The molecule has 3 rings (SSSR count). The Hall–Kier alpha value is -3.35. The summed E-state index contributed by atoms with van der Waals surface area (Å²) in [5.74, 6) is 1.16. The molecule has 7 nitrogen and oxygen atoms in total. The van der Waals surface area contributed by atoms with Crippen molar-refractivity contribution in [3.63, 3.8) is 0 Å². The van der Waals surface area contributed by atoms with Crippen LogP contribution in [0.1, 0.15) is 81.3 Å². The molecular weight excluding hydrogens is 452 g/mol. The quantitative estimate of drug-likeness (QED) is 0.383. The lowest BCUT2D eigenvalue weighted by atomic mass is 9.91. The Morgan fingerprint density at radius 1 is 1.11 bits per heavy atom. The molecule has 1 aliphatic heterocycles. The summed E-state index contributed by atoms with van der Waals surface area (Å²) >= 11 is 0. The minimum atomic E-state index is -0.806. The van der Waals surface area contributed by atoms with E-state index in [1.165, 1.54) is 19.3 Å². The van der Waals surface area contributed by atoms with E-state index < -0.39 is 5.54 Å². The zero-order chi connectivity index (χ0) is 26.1. The van der Waals surface area contributed by atoms with Gasteiger partial charge in [0.15, 0.2) is 5.96 Å². The Kier molecular flexibility index (Phi) is 9.51. The molecule has 1 heterocycles. The second-order valence-electron chi connectivity index (χ2n) is 10.2. The minimum Gasteiger partial charge on any atom is -0.494 e. The van der Waals surface area contributed by atoms with Crippen LogP contribution in [0.3, 0.4) is 0 Å². The van der Waals surface area contributed by atoms with E-state index in [0.29, 0.717) is 37.6 Å². The first-order chi connectivity index (χ1) is 17.2. The number of nitrogens with zero attached hydrogens (tertiary/aromatic N) is 2. The fourth-order valence-electron chi connectivity index (χ4n) is 4.56. The van der Waals surface area contributed by atoms with Crippen LogP contribution in [-0.2, 0) is 17.9 Å². The zero-order valence-corrected chi connectivity index (χ0v) is 22.0. The van der Waals surface area contributed by atoms with Crippen LogP contribution in [0.5, 0.6) is 5.75 Å². The molecule has 0 aromatic heterocycles. The maximum atomic E-state index is 13.0. The summed E-state index contributed by atoms with van der Waals surface area (Å²) in [7, 11) is 0. The number of carbonyl (C=O) groups excluding carboxylic acids is 2. The maximum absolute atomic E-state index is 13.0. The molecule has 0 bridgehead atoms. The van der Waals surface area contributed by atoms with Gasteiger partial charge in [-0.1, -0.05) is 64.3 Å². The highest BCUT2D eigenvalue weighted by Gasteiger charge is 2.44. The monoisotopic (exact) mass is 492 g/mol. The number of hydrogen-bond acceptors (Lipinski definition) is 5. The SMILES string of the molecule is CCCCCCOc1ccc(C(=O)NCc2cccc(CN3C(=O)C(C)(CC(C)C)N=C3N)c2)cc1. The summed E-state index contributed by atoms with van der Waals surface area (Å²) in [6, 6.07) is 15.0. The van der Waals surface area contributed by atoms with Gasteiger partial charge < -0.3 is 15.8 Å². The molecule has 1 atom stereocenters. The van der Waals surface area contributed by atoms with Crippen LogP contribution in [0.25, 0.3) is 0 Å². The number of ether oxygens (including phenoxy) is 1. The smallest absolute Gasteiger partial charge is 0.257 e. The van der Waals surface area contributed by atoms with E-state index in [9.17, 15) is 9.59 Å². The number of rotatable bonds is 13. The van der Waals surface area contributed by atoms with Gasteiger partial charge in [0.2, 0.25) is 0 Å². The third kappa shape index (κ3) is 7.33. The van der Waals surface area contributed by atoms with E-state index in [2.05, 4.69) is 31.1 Å². The molecule has 3 N–H and O–H groups in total. The van der Waals surface area contributed by atoms with Crippen molar-refractivity contribution in [2.75, 3.05) is 6.61 Å². The van der Waals surface area contributed by atoms with Gasteiger partial charge in [-0.05, 0) is 61.1 Å². The van der Waals surface area contributed by atoms with Gasteiger partial charge in [-0.15, -0.1) is 0 Å². The van der Waals surface area contributed by atoms with Gasteiger partial charge in [0.25, 0.3) is 11.8 Å². The van der Waals surface area contributed by atoms with Gasteiger partial charge in [0.1, 0.15) is 11.3 Å². The third-order valence-corrected chi connectivity index (χ3v) is 6.32. The fraction of sp³-hybridized carbons (Fsp3) is 0.483. The number of nitrogens with one attached hydrogen (secondary N) is 1. The molecule has 7 heteroatoms. The molecule has 2 aromatic carbocycles. The van der Waals surface area contributed by atoms with Crippen molar-refractivity contribution in [1.29, 1.82) is 0 Å². The molecular formula is C29H40N4O3. The van der Waals surface area contributed by atoms with Gasteiger partial charge in [-0.25, -0.2) is 4.99 Å². The van der Waals surface area contributed by atoms with Gasteiger partial charge >= 0.3 is 0 Å². The van der Waals surface area contributed by atoms with Crippen LogP contribution in [0, 0.1) is 5.92 Å². The van der Waals surface area contributed by atoms with Crippen molar-refractivity contribution in [1.82, 2.24) is 10.2 Å². The first-order valence-corrected chi connectivity index (χ1v) is 13.0. The van der Waals surface area contributed by atoms with Crippen LogP contribution >= 0.6 is 0 Å². The van der Waals surface area contributed by atoms with Gasteiger partial charge in [0, 0.05) is 12.1 Å². The summed E-state index contributed by atoms with van der Waals surface area (Å²) in [5, 5.41) is 2.97. The molecule has 0 fully saturated rings. The molecule has 0 aliphatic carbocycles. The number of benzene rings is 2. The molecule has 0 saturated heterocycles. The number of hydrogen-bond donors (Lipinski definition) is 2. The Morgan fingerprint density at radius 3 is 2.53 bits per heavy atom. The predicted octanol–water partition coefficient (Wildman–Crippen LogP) is 5.04. The average Bonchev–Trinajstić information content (AvgIpc) is 3.05. The molecule has 2 aromatic rings. The van der Waals surface area contributed by atoms with E-state index in [0.717, 1.165) is 23.3 Å². The zero-order valence-electron chi connectivity index (χ0n) is 22.0. The number of carbonyl (C=O) groups is 2. The van der Waals surface area contributed by atoms with Crippen LogP contribution in [0.4, 0.5) is 0 Å². The Balaban J connectivity index is 1.52. The van der Waals surface area contributed by atoms with Crippen molar-refractivity contribution >= 4 is 17.8 Å². The summed E-state index contributed by atoms with van der Waals surface area (Å²) in [6.07, 6.45) is 5.29. The van der Waals surface area contributed by atoms with E-state index in [-0.39, 0.29) is 17.8 Å². The highest BCUT2D eigenvalue weighted by atomic mass is 16.5. The lowest BCUT2D eigenvalue weighted by Gasteiger charge is -2.23. The van der Waals surface area contributed by atoms with Crippen molar-refractivity contribution in [3.05, 3.63) is 65.2 Å². The van der Waals surface area contributed by atoms with E-state index >= 15 is 0 Å². The van der Waals surface area contributed by atoms with E-state index in [1.54, 1.807) is 17.0 Å². The normalized spacial score (nSPS) is 17.4.